The highest BCUT2D eigenvalue weighted by atomic mass is 16.5. The number of nitrogens with zero attached hydrogens (tertiary/aromatic N) is 3. The second-order valence-electron chi connectivity index (χ2n) is 8.19. The Labute approximate surface area is 208 Å². The Morgan fingerprint density at radius 1 is 0.833 bits per heavy atom. The summed E-state index contributed by atoms with van der Waals surface area (Å²) in [6, 6.07) is 18.4. The van der Waals surface area contributed by atoms with E-state index in [4.69, 9.17) is 14.2 Å². The maximum atomic E-state index is 13.8. The quantitative estimate of drug-likeness (QED) is 0.444. The fourth-order valence-corrected chi connectivity index (χ4v) is 4.92. The predicted octanol–water partition coefficient (Wildman–Crippen LogP) is 3.02. The molecule has 2 aromatic rings. The number of hydrogen-bond acceptors (Lipinski definition) is 9. The van der Waals surface area contributed by atoms with E-state index in [0.717, 1.165) is 14.2 Å². The predicted molar refractivity (Wildman–Crippen MR) is 124 cm³/mol. The minimum atomic E-state index is -2.06. The molecule has 0 bridgehead atoms. The van der Waals surface area contributed by atoms with Crippen molar-refractivity contribution in [2.45, 2.75) is 18.8 Å². The lowest BCUT2D eigenvalue weighted by Crippen LogP contribution is -2.55. The van der Waals surface area contributed by atoms with Crippen LogP contribution in [0.2, 0.25) is 0 Å². The SMILES string of the molecule is CCOc1ccc(C2C(C(=O)OC)C(=O)C(C(=O)OC)C(c3ccc(C#N)cc3)C2(C#N)C#N)cc1. The van der Waals surface area contributed by atoms with E-state index in [9.17, 15) is 30.2 Å². The van der Waals surface area contributed by atoms with Crippen LogP contribution in [-0.2, 0) is 23.9 Å². The van der Waals surface area contributed by atoms with Gasteiger partial charge in [-0.3, -0.25) is 14.4 Å². The van der Waals surface area contributed by atoms with E-state index in [0.29, 0.717) is 29.0 Å². The van der Waals surface area contributed by atoms with E-state index in [1.807, 2.05) is 25.1 Å². The second kappa shape index (κ2) is 10.7. The zero-order valence-corrected chi connectivity index (χ0v) is 19.9. The monoisotopic (exact) mass is 485 g/mol. The summed E-state index contributed by atoms with van der Waals surface area (Å²) in [6.07, 6.45) is 0. The van der Waals surface area contributed by atoms with Crippen LogP contribution in [0.1, 0.15) is 35.4 Å². The van der Waals surface area contributed by atoms with Crippen molar-refractivity contribution in [2.24, 2.45) is 17.3 Å². The summed E-state index contributed by atoms with van der Waals surface area (Å²) in [5.41, 5.74) is -1.09. The van der Waals surface area contributed by atoms with Gasteiger partial charge in [-0.05, 0) is 42.3 Å². The number of methoxy groups -OCH3 is 2. The Kier molecular flexibility index (Phi) is 7.72. The average molecular weight is 485 g/mol. The average Bonchev–Trinajstić information content (AvgIpc) is 2.92. The van der Waals surface area contributed by atoms with Crippen molar-refractivity contribution in [3.8, 4) is 24.0 Å². The molecule has 0 spiro atoms. The van der Waals surface area contributed by atoms with E-state index in [1.165, 1.54) is 24.3 Å². The Bertz CT molecular complexity index is 1270. The number of ether oxygens (including phenoxy) is 3. The van der Waals surface area contributed by atoms with Gasteiger partial charge in [-0.1, -0.05) is 24.3 Å². The summed E-state index contributed by atoms with van der Waals surface area (Å²) >= 11 is 0. The molecule has 0 amide bonds. The van der Waals surface area contributed by atoms with Gasteiger partial charge in [-0.25, -0.2) is 0 Å². The number of Topliss-reactive ketones (excluding diaryl/α,β-unsaturated/α-hetero) is 1. The van der Waals surface area contributed by atoms with E-state index in [2.05, 4.69) is 0 Å². The fourth-order valence-electron chi connectivity index (χ4n) is 4.92. The van der Waals surface area contributed by atoms with Crippen LogP contribution in [0.3, 0.4) is 0 Å². The smallest absolute Gasteiger partial charge is 0.316 e. The minimum absolute atomic E-state index is 0.306. The lowest BCUT2D eigenvalue weighted by molar-refractivity contribution is -0.162. The molecule has 1 aliphatic rings. The highest BCUT2D eigenvalue weighted by Gasteiger charge is 2.65. The molecule has 4 unspecified atom stereocenters. The molecule has 1 aliphatic carbocycles. The van der Waals surface area contributed by atoms with Crippen molar-refractivity contribution in [2.75, 3.05) is 20.8 Å². The molecule has 0 saturated heterocycles. The molecular weight excluding hydrogens is 462 g/mol. The van der Waals surface area contributed by atoms with Crippen molar-refractivity contribution in [3.05, 3.63) is 65.2 Å². The van der Waals surface area contributed by atoms with E-state index in [-0.39, 0.29) is 0 Å². The molecule has 0 radical (unpaired) electrons. The van der Waals surface area contributed by atoms with Crippen molar-refractivity contribution in [3.63, 3.8) is 0 Å². The zero-order valence-electron chi connectivity index (χ0n) is 19.9. The lowest BCUT2D eigenvalue weighted by atomic mass is 9.50. The number of esters is 2. The van der Waals surface area contributed by atoms with Gasteiger partial charge in [-0.2, -0.15) is 15.8 Å². The summed E-state index contributed by atoms with van der Waals surface area (Å²) in [5, 5.41) is 30.2. The van der Waals surface area contributed by atoms with Gasteiger partial charge in [0.05, 0.1) is 44.6 Å². The zero-order chi connectivity index (χ0) is 26.5. The van der Waals surface area contributed by atoms with Gasteiger partial charge in [-0.15, -0.1) is 0 Å². The summed E-state index contributed by atoms with van der Waals surface area (Å²) < 4.78 is 15.3. The molecule has 1 saturated carbocycles. The molecule has 0 aliphatic heterocycles. The molecule has 1 fully saturated rings. The van der Waals surface area contributed by atoms with Crippen molar-refractivity contribution in [1.29, 1.82) is 15.8 Å². The Hall–Kier alpha value is -4.68. The lowest BCUT2D eigenvalue weighted by Gasteiger charge is -2.46. The van der Waals surface area contributed by atoms with Gasteiger partial charge in [0, 0.05) is 11.8 Å². The van der Waals surface area contributed by atoms with Gasteiger partial charge in [0.25, 0.3) is 0 Å². The van der Waals surface area contributed by atoms with Crippen LogP contribution >= 0.6 is 0 Å². The van der Waals surface area contributed by atoms with Crippen LogP contribution in [0.15, 0.2) is 48.5 Å². The highest BCUT2D eigenvalue weighted by Crippen LogP contribution is 2.58. The van der Waals surface area contributed by atoms with Gasteiger partial charge in [0.15, 0.2) is 11.2 Å². The standard InChI is InChI=1S/C27H23N3O6/c1-4-36-19-11-9-18(10-12-19)23-21(26(33)35-3)24(31)20(25(32)34-2)22(27(23,14-29)15-30)17-7-5-16(13-28)6-8-17/h5-12,20-23H,4H2,1-3H3. The Balaban J connectivity index is 2.36. The maximum absolute atomic E-state index is 13.8. The first kappa shape index (κ1) is 25.9. The van der Waals surface area contributed by atoms with Crippen LogP contribution in [0.5, 0.6) is 5.75 Å². The van der Waals surface area contributed by atoms with Gasteiger partial charge < -0.3 is 14.2 Å². The highest BCUT2D eigenvalue weighted by molar-refractivity contribution is 6.11. The number of rotatable bonds is 6. The van der Waals surface area contributed by atoms with Gasteiger partial charge in [0.2, 0.25) is 0 Å². The first-order valence-corrected chi connectivity index (χ1v) is 11.1. The fraction of sp³-hybridized carbons (Fsp3) is 0.333. The third-order valence-electron chi connectivity index (χ3n) is 6.49. The summed E-state index contributed by atoms with van der Waals surface area (Å²) in [4.78, 5) is 39.7. The molecule has 9 nitrogen and oxygen atoms in total. The van der Waals surface area contributed by atoms with E-state index >= 15 is 0 Å². The molecule has 36 heavy (non-hydrogen) atoms. The van der Waals surface area contributed by atoms with Gasteiger partial charge in [0.1, 0.15) is 17.6 Å². The van der Waals surface area contributed by atoms with Crippen molar-refractivity contribution in [1.82, 2.24) is 0 Å². The number of carbonyl (C=O) groups is 3. The van der Waals surface area contributed by atoms with Gasteiger partial charge >= 0.3 is 11.9 Å². The van der Waals surface area contributed by atoms with Crippen LogP contribution in [0.4, 0.5) is 0 Å². The first-order valence-electron chi connectivity index (χ1n) is 11.1. The summed E-state index contributed by atoms with van der Waals surface area (Å²) in [5.74, 6) is -8.07. The molecule has 182 valence electrons. The normalized spacial score (nSPS) is 22.3. The topological polar surface area (TPSA) is 150 Å². The maximum Gasteiger partial charge on any atom is 0.316 e. The van der Waals surface area contributed by atoms with Crippen LogP contribution in [0, 0.1) is 51.2 Å². The van der Waals surface area contributed by atoms with Crippen LogP contribution in [0.25, 0.3) is 0 Å². The van der Waals surface area contributed by atoms with E-state index < -0.39 is 46.8 Å². The molecule has 3 rings (SSSR count). The second-order valence-corrected chi connectivity index (χ2v) is 8.19. The molecule has 0 N–H and O–H groups in total. The molecular formula is C27H23N3O6. The van der Waals surface area contributed by atoms with Crippen molar-refractivity contribution < 1.29 is 28.6 Å². The molecule has 0 heterocycles. The Morgan fingerprint density at radius 2 is 1.28 bits per heavy atom. The summed E-state index contributed by atoms with van der Waals surface area (Å²) in [7, 11) is 2.17. The molecule has 2 aromatic carbocycles. The third kappa shape index (κ3) is 4.26. The molecule has 9 heteroatoms. The van der Waals surface area contributed by atoms with Crippen molar-refractivity contribution >= 4 is 17.7 Å². The number of carbonyl (C=O) groups excluding carboxylic acids is 3. The third-order valence-corrected chi connectivity index (χ3v) is 6.49. The number of nitriles is 3. The minimum Gasteiger partial charge on any atom is -0.494 e. The number of hydrogen-bond donors (Lipinski definition) is 0. The number of benzene rings is 2. The summed E-state index contributed by atoms with van der Waals surface area (Å²) in [6.45, 7) is 2.22. The van der Waals surface area contributed by atoms with Crippen LogP contribution < -0.4 is 4.74 Å². The largest absolute Gasteiger partial charge is 0.494 e. The number of ketones is 1. The first-order chi connectivity index (χ1) is 17.3. The van der Waals surface area contributed by atoms with Crippen LogP contribution in [-0.4, -0.2) is 38.5 Å². The Morgan fingerprint density at radius 3 is 1.64 bits per heavy atom. The molecule has 4 atom stereocenters. The molecule has 0 aromatic heterocycles. The van der Waals surface area contributed by atoms with E-state index in [1.54, 1.807) is 24.3 Å².